The number of thiazole rings is 1. The Labute approximate surface area is 112 Å². The van der Waals surface area contributed by atoms with Crippen LogP contribution in [0.3, 0.4) is 0 Å². The molecule has 0 aliphatic rings. The van der Waals surface area contributed by atoms with E-state index >= 15 is 0 Å². The van der Waals surface area contributed by atoms with Crippen LogP contribution in [-0.2, 0) is 6.54 Å². The molecule has 0 aliphatic carbocycles. The summed E-state index contributed by atoms with van der Waals surface area (Å²) in [5.41, 5.74) is 8.22. The van der Waals surface area contributed by atoms with Crippen LogP contribution >= 0.6 is 11.3 Å². The maximum Gasteiger partial charge on any atom is 0.107 e. The molecule has 1 atom stereocenters. The molecule has 4 heteroatoms. The number of aromatic nitrogens is 1. The van der Waals surface area contributed by atoms with Crippen LogP contribution < -0.4 is 11.1 Å². The van der Waals surface area contributed by atoms with Gasteiger partial charge in [-0.2, -0.15) is 0 Å². The second kappa shape index (κ2) is 6.64. The second-order valence-corrected chi connectivity index (χ2v) is 5.30. The van der Waals surface area contributed by atoms with Crippen molar-refractivity contribution in [3.8, 4) is 0 Å². The summed E-state index contributed by atoms with van der Waals surface area (Å²) in [6.45, 7) is 4.39. The van der Waals surface area contributed by atoms with Crippen LogP contribution in [-0.4, -0.2) is 18.1 Å². The minimum Gasteiger partial charge on any atom is -0.330 e. The molecule has 1 unspecified atom stereocenters. The normalized spacial score (nSPS) is 12.6. The van der Waals surface area contributed by atoms with Crippen LogP contribution in [0.4, 0.5) is 0 Å². The van der Waals surface area contributed by atoms with Crippen molar-refractivity contribution in [3.63, 3.8) is 0 Å². The fraction of sp³-hybridized carbons (Fsp3) is 0.357. The number of hydrogen-bond donors (Lipinski definition) is 2. The number of rotatable bonds is 6. The summed E-state index contributed by atoms with van der Waals surface area (Å²) in [6.07, 6.45) is 0. The lowest BCUT2D eigenvalue weighted by molar-refractivity contribution is 0.587. The van der Waals surface area contributed by atoms with Crippen molar-refractivity contribution in [2.45, 2.75) is 19.4 Å². The second-order valence-electron chi connectivity index (χ2n) is 4.36. The third-order valence-corrected chi connectivity index (χ3v) is 3.86. The quantitative estimate of drug-likeness (QED) is 0.839. The van der Waals surface area contributed by atoms with Crippen molar-refractivity contribution < 1.29 is 0 Å². The minimum atomic E-state index is 0.368. The molecule has 0 aliphatic heterocycles. The molecule has 1 aromatic carbocycles. The zero-order chi connectivity index (χ0) is 12.8. The first kappa shape index (κ1) is 13.2. The van der Waals surface area contributed by atoms with Crippen LogP contribution in [0.25, 0.3) is 0 Å². The highest BCUT2D eigenvalue weighted by Crippen LogP contribution is 2.13. The average Bonchev–Trinajstić information content (AvgIpc) is 2.81. The van der Waals surface area contributed by atoms with E-state index in [-0.39, 0.29) is 0 Å². The highest BCUT2D eigenvalue weighted by Gasteiger charge is 2.08. The van der Waals surface area contributed by atoms with E-state index in [9.17, 15) is 0 Å². The van der Waals surface area contributed by atoms with Crippen LogP contribution in [0, 0.1) is 6.92 Å². The van der Waals surface area contributed by atoms with Crippen molar-refractivity contribution in [1.29, 1.82) is 0 Å². The number of nitrogens with two attached hydrogens (primary N) is 1. The number of nitrogens with zero attached hydrogens (tertiary/aromatic N) is 1. The van der Waals surface area contributed by atoms with Gasteiger partial charge in [-0.15, -0.1) is 11.3 Å². The Kier molecular flexibility index (Phi) is 4.87. The fourth-order valence-corrected chi connectivity index (χ4v) is 2.64. The lowest BCUT2D eigenvalue weighted by Gasteiger charge is -2.15. The molecule has 0 spiro atoms. The molecular weight excluding hydrogens is 242 g/mol. The average molecular weight is 261 g/mol. The smallest absolute Gasteiger partial charge is 0.107 e. The zero-order valence-electron chi connectivity index (χ0n) is 10.6. The monoisotopic (exact) mass is 261 g/mol. The van der Waals surface area contributed by atoms with Gasteiger partial charge < -0.3 is 11.1 Å². The Morgan fingerprint density at radius 1 is 1.33 bits per heavy atom. The Morgan fingerprint density at radius 3 is 2.72 bits per heavy atom. The predicted molar refractivity (Wildman–Crippen MR) is 76.8 cm³/mol. The summed E-state index contributed by atoms with van der Waals surface area (Å²) in [7, 11) is 0. The van der Waals surface area contributed by atoms with Gasteiger partial charge >= 0.3 is 0 Å². The van der Waals surface area contributed by atoms with Crippen molar-refractivity contribution in [2.24, 2.45) is 5.73 Å². The first-order chi connectivity index (χ1) is 8.79. The fourth-order valence-electron chi connectivity index (χ4n) is 1.90. The molecule has 3 nitrogen and oxygen atoms in total. The molecule has 18 heavy (non-hydrogen) atoms. The lowest BCUT2D eigenvalue weighted by atomic mass is 9.99. The molecule has 0 amide bonds. The van der Waals surface area contributed by atoms with Crippen molar-refractivity contribution in [3.05, 3.63) is 52.0 Å². The van der Waals surface area contributed by atoms with Gasteiger partial charge in [0, 0.05) is 36.6 Å². The van der Waals surface area contributed by atoms with Crippen molar-refractivity contribution in [2.75, 3.05) is 13.1 Å². The summed E-state index contributed by atoms with van der Waals surface area (Å²) in [5, 5.41) is 6.65. The third-order valence-electron chi connectivity index (χ3n) is 2.89. The van der Waals surface area contributed by atoms with E-state index < -0.39 is 0 Å². The maximum absolute atomic E-state index is 5.84. The lowest BCUT2D eigenvalue weighted by Crippen LogP contribution is -2.26. The SMILES string of the molecule is Cc1csc(CNCC(CN)c2ccccc2)n1. The minimum absolute atomic E-state index is 0.368. The van der Waals surface area contributed by atoms with Crippen LogP contribution in [0.15, 0.2) is 35.7 Å². The van der Waals surface area contributed by atoms with E-state index in [4.69, 9.17) is 5.73 Å². The van der Waals surface area contributed by atoms with E-state index in [1.54, 1.807) is 11.3 Å². The first-order valence-electron chi connectivity index (χ1n) is 6.16. The van der Waals surface area contributed by atoms with Gasteiger partial charge in [0.25, 0.3) is 0 Å². The van der Waals surface area contributed by atoms with Crippen molar-refractivity contribution >= 4 is 11.3 Å². The highest BCUT2D eigenvalue weighted by atomic mass is 32.1. The number of nitrogens with one attached hydrogen (secondary N) is 1. The predicted octanol–water partition coefficient (Wildman–Crippen LogP) is 2.28. The summed E-state index contributed by atoms with van der Waals surface area (Å²) in [5.74, 6) is 0.368. The molecule has 0 bridgehead atoms. The number of benzene rings is 1. The molecule has 0 saturated carbocycles. The molecule has 0 saturated heterocycles. The molecule has 0 radical (unpaired) electrons. The van der Waals surface area contributed by atoms with Crippen LogP contribution in [0.5, 0.6) is 0 Å². The molecule has 2 rings (SSSR count). The summed E-state index contributed by atoms with van der Waals surface area (Å²) >= 11 is 1.70. The summed E-state index contributed by atoms with van der Waals surface area (Å²) < 4.78 is 0. The van der Waals surface area contributed by atoms with Crippen molar-refractivity contribution in [1.82, 2.24) is 10.3 Å². The van der Waals surface area contributed by atoms with Crippen LogP contribution in [0.1, 0.15) is 22.2 Å². The van der Waals surface area contributed by atoms with E-state index in [1.165, 1.54) is 5.56 Å². The van der Waals surface area contributed by atoms with E-state index in [0.29, 0.717) is 12.5 Å². The topological polar surface area (TPSA) is 50.9 Å². The van der Waals surface area contributed by atoms with Gasteiger partial charge in [-0.05, 0) is 12.5 Å². The number of aryl methyl sites for hydroxylation is 1. The van der Waals surface area contributed by atoms with E-state index in [0.717, 1.165) is 23.8 Å². The molecule has 1 heterocycles. The zero-order valence-corrected chi connectivity index (χ0v) is 11.4. The van der Waals surface area contributed by atoms with Gasteiger partial charge in [0.1, 0.15) is 5.01 Å². The van der Waals surface area contributed by atoms with E-state index in [1.807, 2.05) is 13.0 Å². The Hall–Kier alpha value is -1.23. The highest BCUT2D eigenvalue weighted by molar-refractivity contribution is 7.09. The molecular formula is C14H19N3S. The third kappa shape index (κ3) is 3.63. The van der Waals surface area contributed by atoms with Gasteiger partial charge in [0.2, 0.25) is 0 Å². The van der Waals surface area contributed by atoms with Gasteiger partial charge in [-0.1, -0.05) is 30.3 Å². The Bertz CT molecular complexity index is 467. The van der Waals surface area contributed by atoms with Gasteiger partial charge in [0.15, 0.2) is 0 Å². The van der Waals surface area contributed by atoms with Gasteiger partial charge in [-0.25, -0.2) is 4.98 Å². The van der Waals surface area contributed by atoms with E-state index in [2.05, 4.69) is 39.9 Å². The summed E-state index contributed by atoms with van der Waals surface area (Å²) in [6, 6.07) is 10.4. The van der Waals surface area contributed by atoms with Gasteiger partial charge in [0.05, 0.1) is 0 Å². The Balaban J connectivity index is 1.84. The molecule has 2 aromatic rings. The molecule has 0 fully saturated rings. The Morgan fingerprint density at radius 2 is 2.11 bits per heavy atom. The molecule has 96 valence electrons. The first-order valence-corrected chi connectivity index (χ1v) is 7.04. The van der Waals surface area contributed by atoms with Gasteiger partial charge in [-0.3, -0.25) is 0 Å². The van der Waals surface area contributed by atoms with Crippen LogP contribution in [0.2, 0.25) is 0 Å². The number of hydrogen-bond acceptors (Lipinski definition) is 4. The molecule has 1 aromatic heterocycles. The molecule has 3 N–H and O–H groups in total. The largest absolute Gasteiger partial charge is 0.330 e. The maximum atomic E-state index is 5.84. The summed E-state index contributed by atoms with van der Waals surface area (Å²) in [4.78, 5) is 4.43. The standard InChI is InChI=1S/C14H19N3S/c1-11-10-18-14(17-11)9-16-8-13(7-15)12-5-3-2-4-6-12/h2-6,10,13,16H,7-9,15H2,1H3.